The molecule has 1 N–H and O–H groups in total. The van der Waals surface area contributed by atoms with Crippen LogP contribution in [0.4, 0.5) is 0 Å². The third kappa shape index (κ3) is 2.13. The summed E-state index contributed by atoms with van der Waals surface area (Å²) in [4.78, 5) is 11.9. The van der Waals surface area contributed by atoms with E-state index < -0.39 is 5.97 Å². The van der Waals surface area contributed by atoms with Gasteiger partial charge in [0, 0.05) is 0 Å². The van der Waals surface area contributed by atoms with Gasteiger partial charge < -0.3 is 5.11 Å². The van der Waals surface area contributed by atoms with Crippen molar-refractivity contribution in [3.05, 3.63) is 17.5 Å². The van der Waals surface area contributed by atoms with Crippen LogP contribution in [0, 0.1) is 5.92 Å². The van der Waals surface area contributed by atoms with Crippen LogP contribution in [-0.2, 0) is 4.79 Å². The molecule has 1 fully saturated rings. The fourth-order valence-electron chi connectivity index (χ4n) is 2.10. The Balaban J connectivity index is 1.95. The maximum atomic E-state index is 11.0. The average molecular weight is 264 g/mol. The number of aromatic nitrogens is 4. The molecule has 7 heteroatoms. The smallest absolute Gasteiger partial charge is 0.305 e. The second-order valence-corrected chi connectivity index (χ2v) is 5.37. The Labute approximate surface area is 107 Å². The van der Waals surface area contributed by atoms with Crippen LogP contribution in [-0.4, -0.2) is 31.3 Å². The van der Waals surface area contributed by atoms with Crippen molar-refractivity contribution in [2.24, 2.45) is 5.92 Å². The van der Waals surface area contributed by atoms with E-state index >= 15 is 0 Å². The zero-order valence-corrected chi connectivity index (χ0v) is 10.4. The lowest BCUT2D eigenvalue weighted by molar-refractivity contribution is -0.138. The Morgan fingerprint density at radius 3 is 3.06 bits per heavy atom. The molecule has 1 saturated carbocycles. The van der Waals surface area contributed by atoms with Gasteiger partial charge in [-0.2, -0.15) is 0 Å². The number of tetrazole rings is 1. The molecule has 0 bridgehead atoms. The predicted molar refractivity (Wildman–Crippen MR) is 65.1 cm³/mol. The van der Waals surface area contributed by atoms with Crippen LogP contribution in [0.3, 0.4) is 0 Å². The van der Waals surface area contributed by atoms with Crippen molar-refractivity contribution in [3.63, 3.8) is 0 Å². The molecule has 0 aliphatic heterocycles. The highest BCUT2D eigenvalue weighted by Gasteiger charge is 2.36. The van der Waals surface area contributed by atoms with Crippen molar-refractivity contribution in [3.8, 4) is 10.7 Å². The van der Waals surface area contributed by atoms with Crippen molar-refractivity contribution in [1.29, 1.82) is 0 Å². The van der Waals surface area contributed by atoms with Gasteiger partial charge in [0.25, 0.3) is 0 Å². The number of nitrogens with zero attached hydrogens (tertiary/aromatic N) is 4. The van der Waals surface area contributed by atoms with E-state index in [-0.39, 0.29) is 12.5 Å². The maximum absolute atomic E-state index is 11.0. The lowest BCUT2D eigenvalue weighted by Gasteiger charge is -2.14. The number of carbonyl (C=O) groups is 1. The topological polar surface area (TPSA) is 80.9 Å². The first-order valence-electron chi connectivity index (χ1n) is 5.79. The van der Waals surface area contributed by atoms with Gasteiger partial charge in [0.05, 0.1) is 17.3 Å². The van der Waals surface area contributed by atoms with E-state index in [1.807, 2.05) is 17.5 Å². The number of rotatable bonds is 5. The van der Waals surface area contributed by atoms with Crippen molar-refractivity contribution in [2.45, 2.75) is 25.3 Å². The summed E-state index contributed by atoms with van der Waals surface area (Å²) < 4.78 is 1.68. The fourth-order valence-corrected chi connectivity index (χ4v) is 2.80. The summed E-state index contributed by atoms with van der Waals surface area (Å²) in [5.74, 6) is 0.256. The summed E-state index contributed by atoms with van der Waals surface area (Å²) in [6.07, 6.45) is 2.19. The van der Waals surface area contributed by atoms with Crippen LogP contribution < -0.4 is 0 Å². The van der Waals surface area contributed by atoms with E-state index in [2.05, 4.69) is 15.5 Å². The molecule has 94 valence electrons. The van der Waals surface area contributed by atoms with Gasteiger partial charge in [0.2, 0.25) is 0 Å². The van der Waals surface area contributed by atoms with Crippen molar-refractivity contribution in [1.82, 2.24) is 20.2 Å². The molecular weight excluding hydrogens is 252 g/mol. The molecule has 2 aromatic rings. The minimum atomic E-state index is -0.806. The highest BCUT2D eigenvalue weighted by Crippen LogP contribution is 2.42. The van der Waals surface area contributed by atoms with Crippen molar-refractivity contribution in [2.75, 3.05) is 0 Å². The fraction of sp³-hybridized carbons (Fsp3) is 0.455. The minimum Gasteiger partial charge on any atom is -0.481 e. The first-order valence-corrected chi connectivity index (χ1v) is 6.67. The van der Waals surface area contributed by atoms with E-state index in [1.165, 1.54) is 0 Å². The molecule has 3 rings (SSSR count). The Morgan fingerprint density at radius 2 is 2.44 bits per heavy atom. The highest BCUT2D eigenvalue weighted by molar-refractivity contribution is 7.13. The third-order valence-electron chi connectivity index (χ3n) is 3.10. The lowest BCUT2D eigenvalue weighted by atomic mass is 10.1. The molecule has 1 atom stereocenters. The van der Waals surface area contributed by atoms with Crippen LogP contribution in [0.2, 0.25) is 0 Å². The average Bonchev–Trinajstić information content (AvgIpc) is 2.86. The highest BCUT2D eigenvalue weighted by atomic mass is 32.1. The molecule has 18 heavy (non-hydrogen) atoms. The molecule has 2 aromatic heterocycles. The van der Waals surface area contributed by atoms with E-state index in [4.69, 9.17) is 5.11 Å². The summed E-state index contributed by atoms with van der Waals surface area (Å²) in [6, 6.07) is 3.74. The first kappa shape index (κ1) is 11.3. The van der Waals surface area contributed by atoms with Gasteiger partial charge in [-0.25, -0.2) is 4.68 Å². The molecule has 1 unspecified atom stereocenters. The number of carboxylic acid groups (broad SMARTS) is 1. The van der Waals surface area contributed by atoms with Crippen molar-refractivity contribution >= 4 is 17.3 Å². The second-order valence-electron chi connectivity index (χ2n) is 4.43. The summed E-state index contributed by atoms with van der Waals surface area (Å²) in [5.41, 5.74) is 0. The van der Waals surface area contributed by atoms with Gasteiger partial charge in [-0.3, -0.25) is 4.79 Å². The normalized spacial score (nSPS) is 16.7. The number of hydrogen-bond acceptors (Lipinski definition) is 5. The molecule has 1 aliphatic rings. The molecule has 0 aromatic carbocycles. The zero-order valence-electron chi connectivity index (χ0n) is 9.56. The Kier molecular flexibility index (Phi) is 2.83. The molecule has 0 amide bonds. The van der Waals surface area contributed by atoms with Gasteiger partial charge in [-0.05, 0) is 40.6 Å². The molecule has 0 radical (unpaired) electrons. The SMILES string of the molecule is O=C(O)CC(C1CC1)n1nnnc1-c1cccs1. The Bertz CT molecular complexity index is 547. The second kappa shape index (κ2) is 4.49. The summed E-state index contributed by atoms with van der Waals surface area (Å²) >= 11 is 1.55. The van der Waals surface area contributed by atoms with Crippen molar-refractivity contribution < 1.29 is 9.90 Å². The van der Waals surface area contributed by atoms with Gasteiger partial charge in [-0.15, -0.1) is 16.4 Å². The monoisotopic (exact) mass is 264 g/mol. The third-order valence-corrected chi connectivity index (χ3v) is 3.96. The van der Waals surface area contributed by atoms with Crippen LogP contribution in [0.5, 0.6) is 0 Å². The van der Waals surface area contributed by atoms with Crippen LogP contribution in [0.25, 0.3) is 10.7 Å². The standard InChI is InChI=1S/C11H12N4O2S/c16-10(17)6-8(7-3-4-7)15-11(12-13-14-15)9-2-1-5-18-9/h1-2,5,7-8H,3-4,6H2,(H,16,17). The Hall–Kier alpha value is -1.76. The summed E-state index contributed by atoms with van der Waals surface area (Å²) in [7, 11) is 0. The molecule has 0 saturated heterocycles. The molecule has 2 heterocycles. The maximum Gasteiger partial charge on any atom is 0.305 e. The van der Waals surface area contributed by atoms with Gasteiger partial charge in [0.1, 0.15) is 0 Å². The van der Waals surface area contributed by atoms with Gasteiger partial charge in [-0.1, -0.05) is 6.07 Å². The lowest BCUT2D eigenvalue weighted by Crippen LogP contribution is -2.18. The van der Waals surface area contributed by atoms with E-state index in [1.54, 1.807) is 16.0 Å². The largest absolute Gasteiger partial charge is 0.481 e. The quantitative estimate of drug-likeness (QED) is 0.891. The number of thiophene rings is 1. The van der Waals surface area contributed by atoms with Crippen LogP contribution in [0.15, 0.2) is 17.5 Å². The van der Waals surface area contributed by atoms with Gasteiger partial charge in [0.15, 0.2) is 5.82 Å². The summed E-state index contributed by atoms with van der Waals surface area (Å²) in [5, 5.41) is 22.7. The van der Waals surface area contributed by atoms with E-state index in [0.717, 1.165) is 17.7 Å². The van der Waals surface area contributed by atoms with Crippen LogP contribution >= 0.6 is 11.3 Å². The predicted octanol–water partition coefficient (Wildman–Crippen LogP) is 1.83. The minimum absolute atomic E-state index is 0.0775. The number of hydrogen-bond donors (Lipinski definition) is 1. The zero-order chi connectivity index (χ0) is 12.5. The number of aliphatic carboxylic acids is 1. The van der Waals surface area contributed by atoms with Gasteiger partial charge >= 0.3 is 5.97 Å². The number of carboxylic acids is 1. The first-order chi connectivity index (χ1) is 8.75. The van der Waals surface area contributed by atoms with E-state index in [9.17, 15) is 4.79 Å². The van der Waals surface area contributed by atoms with Crippen LogP contribution in [0.1, 0.15) is 25.3 Å². The molecular formula is C11H12N4O2S. The Morgan fingerprint density at radius 1 is 1.61 bits per heavy atom. The summed E-state index contributed by atoms with van der Waals surface area (Å²) in [6.45, 7) is 0. The molecule has 0 spiro atoms. The molecule has 6 nitrogen and oxygen atoms in total. The van der Waals surface area contributed by atoms with E-state index in [0.29, 0.717) is 11.7 Å². The molecule has 1 aliphatic carbocycles.